The van der Waals surface area contributed by atoms with Crippen molar-refractivity contribution in [2.24, 2.45) is 4.99 Å². The first-order valence-corrected chi connectivity index (χ1v) is 7.44. The van der Waals surface area contributed by atoms with E-state index in [-0.39, 0.29) is 5.91 Å². The summed E-state index contributed by atoms with van der Waals surface area (Å²) in [7, 11) is 1.64. The van der Waals surface area contributed by atoms with E-state index in [0.29, 0.717) is 18.0 Å². The molecule has 1 N–H and O–H groups in total. The maximum Gasteiger partial charge on any atom is 0.275 e. The molecule has 3 rings (SSSR count). The van der Waals surface area contributed by atoms with Crippen molar-refractivity contribution in [3.05, 3.63) is 70.9 Å². The number of aliphatic imine (C=N–C) groups is 1. The zero-order valence-corrected chi connectivity index (χ0v) is 13.2. The minimum absolute atomic E-state index is 0.158. The van der Waals surface area contributed by atoms with E-state index < -0.39 is 0 Å². The summed E-state index contributed by atoms with van der Waals surface area (Å²) in [5.41, 5.74) is 3.67. The summed E-state index contributed by atoms with van der Waals surface area (Å²) in [6, 6.07) is 15.7. The van der Waals surface area contributed by atoms with Crippen LogP contribution in [0.15, 0.2) is 59.2 Å². The van der Waals surface area contributed by atoms with E-state index in [1.54, 1.807) is 13.2 Å². The summed E-state index contributed by atoms with van der Waals surface area (Å²) in [5, 5.41) is 2.82. The summed E-state index contributed by atoms with van der Waals surface area (Å²) in [6.07, 6.45) is 2.39. The van der Waals surface area contributed by atoms with Crippen molar-refractivity contribution in [1.29, 1.82) is 0 Å². The third kappa shape index (κ3) is 3.66. The molecule has 0 bridgehead atoms. The number of rotatable bonds is 4. The van der Waals surface area contributed by atoms with Crippen LogP contribution in [0.1, 0.15) is 16.7 Å². The molecular weight excluding hydrogens is 288 g/mol. The number of aryl methyl sites for hydroxylation is 1. The predicted molar refractivity (Wildman–Crippen MR) is 91.4 cm³/mol. The Hall–Kier alpha value is -2.88. The molecule has 4 heteroatoms. The van der Waals surface area contributed by atoms with Gasteiger partial charge in [-0.1, -0.05) is 42.0 Å². The van der Waals surface area contributed by atoms with Crippen molar-refractivity contribution in [3.8, 4) is 5.75 Å². The van der Waals surface area contributed by atoms with Crippen LogP contribution in [0, 0.1) is 6.92 Å². The quantitative estimate of drug-likeness (QED) is 0.882. The van der Waals surface area contributed by atoms with Gasteiger partial charge in [0, 0.05) is 6.42 Å². The lowest BCUT2D eigenvalue weighted by atomic mass is 10.1. The van der Waals surface area contributed by atoms with Crippen molar-refractivity contribution in [2.75, 3.05) is 7.11 Å². The van der Waals surface area contributed by atoms with Gasteiger partial charge in [-0.3, -0.25) is 4.79 Å². The van der Waals surface area contributed by atoms with Crippen molar-refractivity contribution >= 4 is 17.8 Å². The molecule has 0 aliphatic carbocycles. The lowest BCUT2D eigenvalue weighted by Gasteiger charge is -2.03. The highest BCUT2D eigenvalue weighted by molar-refractivity contribution is 6.14. The first-order valence-electron chi connectivity index (χ1n) is 7.44. The summed E-state index contributed by atoms with van der Waals surface area (Å²) in [4.78, 5) is 16.4. The zero-order chi connectivity index (χ0) is 16.2. The molecule has 2 aromatic rings. The highest BCUT2D eigenvalue weighted by Gasteiger charge is 2.19. The number of carbonyl (C=O) groups is 1. The average molecular weight is 306 g/mol. The van der Waals surface area contributed by atoms with Crippen LogP contribution >= 0.6 is 0 Å². The molecule has 1 aliphatic rings. The van der Waals surface area contributed by atoms with Crippen LogP contribution in [0.4, 0.5) is 0 Å². The maximum absolute atomic E-state index is 12.0. The minimum atomic E-state index is -0.158. The molecule has 0 saturated carbocycles. The van der Waals surface area contributed by atoms with E-state index in [0.717, 1.165) is 16.9 Å². The number of amides is 1. The SMILES string of the molecule is COc1ccc(CC2=N/C(=C/c3ccc(C)cc3)C(=O)N2)cc1. The smallest absolute Gasteiger partial charge is 0.275 e. The molecule has 0 atom stereocenters. The monoisotopic (exact) mass is 306 g/mol. The third-order valence-electron chi connectivity index (χ3n) is 3.66. The molecule has 0 spiro atoms. The van der Waals surface area contributed by atoms with E-state index >= 15 is 0 Å². The van der Waals surface area contributed by atoms with Crippen LogP contribution in [-0.2, 0) is 11.2 Å². The molecule has 0 aromatic heterocycles. The Kier molecular flexibility index (Phi) is 4.24. The van der Waals surface area contributed by atoms with E-state index in [4.69, 9.17) is 4.74 Å². The summed E-state index contributed by atoms with van der Waals surface area (Å²) in [5.74, 6) is 1.32. The highest BCUT2D eigenvalue weighted by atomic mass is 16.5. The lowest BCUT2D eigenvalue weighted by molar-refractivity contribution is -0.115. The molecule has 116 valence electrons. The number of methoxy groups -OCH3 is 1. The van der Waals surface area contributed by atoms with Gasteiger partial charge in [0.05, 0.1) is 7.11 Å². The van der Waals surface area contributed by atoms with Gasteiger partial charge in [0.15, 0.2) is 0 Å². The van der Waals surface area contributed by atoms with Gasteiger partial charge in [-0.15, -0.1) is 0 Å². The molecule has 4 nitrogen and oxygen atoms in total. The van der Waals surface area contributed by atoms with Crippen LogP contribution in [-0.4, -0.2) is 18.9 Å². The van der Waals surface area contributed by atoms with E-state index in [2.05, 4.69) is 10.3 Å². The molecule has 0 radical (unpaired) electrons. The molecule has 23 heavy (non-hydrogen) atoms. The van der Waals surface area contributed by atoms with Crippen molar-refractivity contribution in [3.63, 3.8) is 0 Å². The Morgan fingerprint density at radius 3 is 2.43 bits per heavy atom. The van der Waals surface area contributed by atoms with Crippen LogP contribution in [0.5, 0.6) is 5.75 Å². The van der Waals surface area contributed by atoms with Gasteiger partial charge in [-0.05, 0) is 36.3 Å². The summed E-state index contributed by atoms with van der Waals surface area (Å²) in [6.45, 7) is 2.03. The number of benzene rings is 2. The molecule has 1 heterocycles. The summed E-state index contributed by atoms with van der Waals surface area (Å²) >= 11 is 0. The number of amidine groups is 1. The van der Waals surface area contributed by atoms with Gasteiger partial charge in [0.2, 0.25) is 0 Å². The average Bonchev–Trinajstić information content (AvgIpc) is 2.90. The summed E-state index contributed by atoms with van der Waals surface area (Å²) < 4.78 is 5.14. The van der Waals surface area contributed by atoms with Crippen LogP contribution in [0.2, 0.25) is 0 Å². The predicted octanol–water partition coefficient (Wildman–Crippen LogP) is 3.12. The molecule has 2 aromatic carbocycles. The number of nitrogens with zero attached hydrogens (tertiary/aromatic N) is 1. The second-order valence-electron chi connectivity index (χ2n) is 5.48. The van der Waals surface area contributed by atoms with E-state index in [9.17, 15) is 4.79 Å². The lowest BCUT2D eigenvalue weighted by Crippen LogP contribution is -2.25. The first kappa shape index (κ1) is 15.0. The molecule has 1 amide bonds. The Morgan fingerprint density at radius 2 is 1.78 bits per heavy atom. The molecular formula is C19H18N2O2. The van der Waals surface area contributed by atoms with Crippen molar-refractivity contribution < 1.29 is 9.53 Å². The van der Waals surface area contributed by atoms with Crippen LogP contribution in [0.25, 0.3) is 6.08 Å². The number of hydrogen-bond donors (Lipinski definition) is 1. The fourth-order valence-corrected chi connectivity index (χ4v) is 2.36. The van der Waals surface area contributed by atoms with Crippen LogP contribution in [0.3, 0.4) is 0 Å². The Morgan fingerprint density at radius 1 is 1.09 bits per heavy atom. The van der Waals surface area contributed by atoms with Gasteiger partial charge < -0.3 is 10.1 Å². The Balaban J connectivity index is 1.76. The van der Waals surface area contributed by atoms with Gasteiger partial charge in [0.1, 0.15) is 17.3 Å². The second kappa shape index (κ2) is 6.48. The number of ether oxygens (including phenoxy) is 1. The molecule has 1 aliphatic heterocycles. The standard InChI is InChI=1S/C19H18N2O2/c1-13-3-5-14(6-4-13)11-17-19(22)21-18(20-17)12-15-7-9-16(23-2)10-8-15/h3-11H,12H2,1-2H3,(H,20,21,22)/b17-11+. The molecule has 0 fully saturated rings. The van der Waals surface area contributed by atoms with Crippen LogP contribution < -0.4 is 10.1 Å². The van der Waals surface area contributed by atoms with Gasteiger partial charge in [0.25, 0.3) is 5.91 Å². The topological polar surface area (TPSA) is 50.7 Å². The fraction of sp³-hybridized carbons (Fsp3) is 0.158. The van der Waals surface area contributed by atoms with Gasteiger partial charge in [-0.25, -0.2) is 4.99 Å². The number of carbonyl (C=O) groups excluding carboxylic acids is 1. The first-order chi connectivity index (χ1) is 11.1. The van der Waals surface area contributed by atoms with Gasteiger partial charge >= 0.3 is 0 Å². The second-order valence-corrected chi connectivity index (χ2v) is 5.48. The van der Waals surface area contributed by atoms with Crippen molar-refractivity contribution in [2.45, 2.75) is 13.3 Å². The third-order valence-corrected chi connectivity index (χ3v) is 3.66. The van der Waals surface area contributed by atoms with E-state index in [1.807, 2.05) is 55.5 Å². The molecule has 0 saturated heterocycles. The van der Waals surface area contributed by atoms with Crippen molar-refractivity contribution in [1.82, 2.24) is 5.32 Å². The largest absolute Gasteiger partial charge is 0.497 e. The zero-order valence-electron chi connectivity index (χ0n) is 13.2. The maximum atomic E-state index is 12.0. The Labute approximate surface area is 135 Å². The Bertz CT molecular complexity index is 772. The van der Waals surface area contributed by atoms with Gasteiger partial charge in [-0.2, -0.15) is 0 Å². The normalized spacial score (nSPS) is 15.5. The fourth-order valence-electron chi connectivity index (χ4n) is 2.36. The highest BCUT2D eigenvalue weighted by Crippen LogP contribution is 2.16. The number of hydrogen-bond acceptors (Lipinski definition) is 3. The minimum Gasteiger partial charge on any atom is -0.497 e. The number of nitrogens with one attached hydrogen (secondary N) is 1. The molecule has 0 unspecified atom stereocenters. The van der Waals surface area contributed by atoms with E-state index in [1.165, 1.54) is 5.56 Å².